The third kappa shape index (κ3) is 3.30. The Morgan fingerprint density at radius 2 is 1.88 bits per heavy atom. The number of urea groups is 1. The molecule has 24 heavy (non-hydrogen) atoms. The molecule has 5 nitrogen and oxygen atoms in total. The van der Waals surface area contributed by atoms with E-state index < -0.39 is 6.04 Å². The van der Waals surface area contributed by atoms with Gasteiger partial charge in [-0.3, -0.25) is 0 Å². The van der Waals surface area contributed by atoms with Crippen molar-refractivity contribution < 1.29 is 14.3 Å². The Kier molecular flexibility index (Phi) is 4.60. The van der Waals surface area contributed by atoms with Crippen molar-refractivity contribution in [1.82, 2.24) is 10.6 Å². The van der Waals surface area contributed by atoms with Crippen molar-refractivity contribution in [2.24, 2.45) is 5.92 Å². The molecule has 1 aliphatic heterocycles. The van der Waals surface area contributed by atoms with Crippen LogP contribution in [-0.2, 0) is 9.53 Å². The Balaban J connectivity index is 1.88. The van der Waals surface area contributed by atoms with Crippen LogP contribution in [0, 0.1) is 12.8 Å². The second-order valence-electron chi connectivity index (χ2n) is 6.83. The number of nitrogens with one attached hydrogen (secondary N) is 2. The van der Waals surface area contributed by atoms with Crippen LogP contribution in [0.3, 0.4) is 0 Å². The Labute approximate surface area is 142 Å². The summed E-state index contributed by atoms with van der Waals surface area (Å²) < 4.78 is 5.76. The Hall–Kier alpha value is -2.30. The number of aryl methyl sites for hydroxylation is 1. The molecule has 1 aliphatic carbocycles. The van der Waals surface area contributed by atoms with Crippen LogP contribution in [0.5, 0.6) is 0 Å². The van der Waals surface area contributed by atoms with E-state index in [9.17, 15) is 9.59 Å². The van der Waals surface area contributed by atoms with Crippen molar-refractivity contribution >= 4 is 12.0 Å². The molecule has 1 aromatic carbocycles. The molecule has 0 bridgehead atoms. The van der Waals surface area contributed by atoms with Crippen LogP contribution in [-0.4, -0.2) is 18.1 Å². The molecule has 2 aliphatic rings. The van der Waals surface area contributed by atoms with Gasteiger partial charge in [0.15, 0.2) is 0 Å². The van der Waals surface area contributed by atoms with E-state index in [1.165, 1.54) is 0 Å². The summed E-state index contributed by atoms with van der Waals surface area (Å²) in [5.41, 5.74) is 3.04. The van der Waals surface area contributed by atoms with E-state index in [0.29, 0.717) is 17.2 Å². The number of carbonyl (C=O) groups excluding carboxylic acids is 2. The van der Waals surface area contributed by atoms with Gasteiger partial charge in [-0.2, -0.15) is 0 Å². The van der Waals surface area contributed by atoms with Gasteiger partial charge in [0.25, 0.3) is 0 Å². The Morgan fingerprint density at radius 1 is 1.17 bits per heavy atom. The molecule has 3 rings (SSSR count). The molecule has 128 valence electrons. The van der Waals surface area contributed by atoms with Crippen LogP contribution >= 0.6 is 0 Å². The Morgan fingerprint density at radius 3 is 2.50 bits per heavy atom. The van der Waals surface area contributed by atoms with E-state index in [4.69, 9.17) is 4.74 Å². The minimum Gasteiger partial charge on any atom is -0.459 e. The normalized spacial score (nSPS) is 26.8. The zero-order chi connectivity index (χ0) is 17.3. The van der Waals surface area contributed by atoms with Crippen LogP contribution in [0.15, 0.2) is 35.5 Å². The smallest absolute Gasteiger partial charge is 0.338 e. The fraction of sp³-hybridized carbons (Fsp3) is 0.474. The number of esters is 1. The zero-order valence-corrected chi connectivity index (χ0v) is 14.4. The van der Waals surface area contributed by atoms with Gasteiger partial charge in [-0.25, -0.2) is 9.59 Å². The zero-order valence-electron chi connectivity index (χ0n) is 14.4. The van der Waals surface area contributed by atoms with E-state index >= 15 is 0 Å². The van der Waals surface area contributed by atoms with Gasteiger partial charge in [-0.05, 0) is 44.6 Å². The molecule has 0 radical (unpaired) electrons. The molecule has 2 amide bonds. The highest BCUT2D eigenvalue weighted by molar-refractivity contribution is 5.95. The summed E-state index contributed by atoms with van der Waals surface area (Å²) >= 11 is 0. The molecule has 2 N–H and O–H groups in total. The highest BCUT2D eigenvalue weighted by Crippen LogP contribution is 2.32. The highest BCUT2D eigenvalue weighted by atomic mass is 16.5. The van der Waals surface area contributed by atoms with Crippen LogP contribution in [0.1, 0.15) is 50.3 Å². The lowest BCUT2D eigenvalue weighted by Gasteiger charge is -2.29. The van der Waals surface area contributed by atoms with Gasteiger partial charge in [-0.15, -0.1) is 0 Å². The summed E-state index contributed by atoms with van der Waals surface area (Å²) in [6.07, 6.45) is 3.06. The molecular formula is C19H24N2O3. The lowest BCUT2D eigenvalue weighted by atomic mass is 9.95. The maximum atomic E-state index is 12.8. The summed E-state index contributed by atoms with van der Waals surface area (Å²) in [5.74, 6) is 0.0446. The highest BCUT2D eigenvalue weighted by Gasteiger charge is 2.35. The topological polar surface area (TPSA) is 67.4 Å². The van der Waals surface area contributed by atoms with Gasteiger partial charge in [0, 0.05) is 5.70 Å². The van der Waals surface area contributed by atoms with E-state index in [1.54, 1.807) is 6.92 Å². The van der Waals surface area contributed by atoms with Crippen molar-refractivity contribution in [1.29, 1.82) is 0 Å². The van der Waals surface area contributed by atoms with Gasteiger partial charge in [0.05, 0.1) is 11.6 Å². The average molecular weight is 328 g/mol. The lowest BCUT2D eigenvalue weighted by Crippen LogP contribution is -2.45. The van der Waals surface area contributed by atoms with Crippen molar-refractivity contribution in [3.05, 3.63) is 46.7 Å². The first-order chi connectivity index (χ1) is 11.5. The number of benzene rings is 1. The summed E-state index contributed by atoms with van der Waals surface area (Å²) in [5, 5.41) is 5.53. The summed E-state index contributed by atoms with van der Waals surface area (Å²) in [4.78, 5) is 24.7. The quantitative estimate of drug-likeness (QED) is 0.836. The summed E-state index contributed by atoms with van der Waals surface area (Å²) in [7, 11) is 0. The molecular weight excluding hydrogens is 304 g/mol. The first kappa shape index (κ1) is 16.6. The molecule has 0 spiro atoms. The standard InChI is InChI=1S/C19H24N2O3/c1-11-7-9-14(10-8-11)17-16(13(3)20-19(23)21-17)18(22)24-15-6-4-5-12(15)2/h7-10,12,15,17H,4-6H2,1-3H3,(H2,20,21,23)/t12-,15+,17-/m0/s1. The molecule has 3 atom stereocenters. The predicted molar refractivity (Wildman–Crippen MR) is 91.2 cm³/mol. The molecule has 1 fully saturated rings. The van der Waals surface area contributed by atoms with Crippen molar-refractivity contribution in [3.63, 3.8) is 0 Å². The van der Waals surface area contributed by atoms with Gasteiger partial charge in [-0.1, -0.05) is 36.8 Å². The molecule has 1 aromatic rings. The number of rotatable bonds is 3. The first-order valence-electron chi connectivity index (χ1n) is 8.51. The fourth-order valence-corrected chi connectivity index (χ4v) is 3.46. The molecule has 5 heteroatoms. The van der Waals surface area contributed by atoms with E-state index in [0.717, 1.165) is 30.4 Å². The van der Waals surface area contributed by atoms with E-state index in [2.05, 4.69) is 17.6 Å². The average Bonchev–Trinajstić information content (AvgIpc) is 2.92. The fourth-order valence-electron chi connectivity index (χ4n) is 3.46. The number of hydrogen-bond acceptors (Lipinski definition) is 3. The number of ether oxygens (including phenoxy) is 1. The van der Waals surface area contributed by atoms with Crippen molar-refractivity contribution in [2.75, 3.05) is 0 Å². The molecule has 1 heterocycles. The summed E-state index contributed by atoms with van der Waals surface area (Å²) in [6, 6.07) is 7.03. The maximum absolute atomic E-state index is 12.8. The van der Waals surface area contributed by atoms with Crippen molar-refractivity contribution in [3.8, 4) is 0 Å². The van der Waals surface area contributed by atoms with Gasteiger partial charge < -0.3 is 15.4 Å². The van der Waals surface area contributed by atoms with Gasteiger partial charge in [0.1, 0.15) is 6.10 Å². The molecule has 0 saturated heterocycles. The number of allylic oxidation sites excluding steroid dienone is 1. The second kappa shape index (κ2) is 6.67. The van der Waals surface area contributed by atoms with Crippen LogP contribution < -0.4 is 10.6 Å². The number of carbonyl (C=O) groups is 2. The predicted octanol–water partition coefficient (Wildman–Crippen LogP) is 3.35. The molecule has 0 aromatic heterocycles. The minimum atomic E-state index is -0.483. The summed E-state index contributed by atoms with van der Waals surface area (Å²) in [6.45, 7) is 5.86. The maximum Gasteiger partial charge on any atom is 0.338 e. The third-order valence-corrected chi connectivity index (χ3v) is 4.94. The Bertz CT molecular complexity index is 678. The second-order valence-corrected chi connectivity index (χ2v) is 6.83. The number of hydrogen-bond donors (Lipinski definition) is 2. The largest absolute Gasteiger partial charge is 0.459 e. The SMILES string of the molecule is CC1=C(C(=O)O[C@@H]2CCC[C@@H]2C)[C@H](c2ccc(C)cc2)NC(=O)N1. The monoisotopic (exact) mass is 328 g/mol. The first-order valence-corrected chi connectivity index (χ1v) is 8.51. The third-order valence-electron chi connectivity index (χ3n) is 4.94. The number of amides is 2. The van der Waals surface area contributed by atoms with Crippen LogP contribution in [0.2, 0.25) is 0 Å². The van der Waals surface area contributed by atoms with Crippen LogP contribution in [0.4, 0.5) is 4.79 Å². The van der Waals surface area contributed by atoms with E-state index in [1.807, 2.05) is 31.2 Å². The van der Waals surface area contributed by atoms with Crippen molar-refractivity contribution in [2.45, 2.75) is 52.2 Å². The molecule has 1 saturated carbocycles. The van der Waals surface area contributed by atoms with Gasteiger partial charge in [0.2, 0.25) is 0 Å². The minimum absolute atomic E-state index is 0.0332. The van der Waals surface area contributed by atoms with Gasteiger partial charge >= 0.3 is 12.0 Å². The van der Waals surface area contributed by atoms with Crippen LogP contribution in [0.25, 0.3) is 0 Å². The van der Waals surface area contributed by atoms with E-state index in [-0.39, 0.29) is 18.1 Å². The lowest BCUT2D eigenvalue weighted by molar-refractivity contribution is -0.146. The molecule has 0 unspecified atom stereocenters.